The van der Waals surface area contributed by atoms with E-state index < -0.39 is 6.10 Å². The van der Waals surface area contributed by atoms with Gasteiger partial charge in [0.1, 0.15) is 17.6 Å². The first-order chi connectivity index (χ1) is 9.76. The number of hydrogen-bond acceptors (Lipinski definition) is 4. The summed E-state index contributed by atoms with van der Waals surface area (Å²) in [6.07, 6.45) is 2.48. The number of pyridine rings is 1. The summed E-state index contributed by atoms with van der Waals surface area (Å²) in [5.41, 5.74) is 1.41. The first-order valence-corrected chi connectivity index (χ1v) is 6.73. The van der Waals surface area contributed by atoms with Crippen LogP contribution in [0.4, 0.5) is 0 Å². The van der Waals surface area contributed by atoms with Gasteiger partial charge in [0.25, 0.3) is 0 Å². The number of para-hydroxylation sites is 1. The van der Waals surface area contributed by atoms with Crippen LogP contribution in [0.2, 0.25) is 0 Å². The van der Waals surface area contributed by atoms with Gasteiger partial charge in [-0.3, -0.25) is 4.98 Å². The van der Waals surface area contributed by atoms with Crippen molar-refractivity contribution in [1.29, 1.82) is 0 Å². The van der Waals surface area contributed by atoms with Crippen LogP contribution in [0.5, 0.6) is 11.5 Å². The number of rotatable bonds is 6. The van der Waals surface area contributed by atoms with E-state index in [1.807, 2.05) is 38.1 Å². The van der Waals surface area contributed by atoms with E-state index in [1.54, 1.807) is 18.5 Å². The summed E-state index contributed by atoms with van der Waals surface area (Å²) in [6, 6.07) is 9.26. The van der Waals surface area contributed by atoms with Crippen molar-refractivity contribution < 1.29 is 14.6 Å². The minimum atomic E-state index is -0.786. The van der Waals surface area contributed by atoms with E-state index in [0.717, 1.165) is 5.56 Å². The molecule has 0 fully saturated rings. The Kier molecular flexibility index (Phi) is 4.96. The van der Waals surface area contributed by atoms with Crippen molar-refractivity contribution in [2.45, 2.75) is 20.0 Å². The molecule has 0 bridgehead atoms. The van der Waals surface area contributed by atoms with Gasteiger partial charge in [-0.2, -0.15) is 0 Å². The molecule has 0 amide bonds. The minimum Gasteiger partial charge on any atom is -0.493 e. The molecule has 0 saturated heterocycles. The van der Waals surface area contributed by atoms with E-state index in [4.69, 9.17) is 9.47 Å². The van der Waals surface area contributed by atoms with Gasteiger partial charge in [-0.15, -0.1) is 0 Å². The van der Waals surface area contributed by atoms with Crippen molar-refractivity contribution in [3.63, 3.8) is 0 Å². The first-order valence-electron chi connectivity index (χ1n) is 6.73. The topological polar surface area (TPSA) is 51.6 Å². The second-order valence-corrected chi connectivity index (χ2v) is 4.26. The summed E-state index contributed by atoms with van der Waals surface area (Å²) < 4.78 is 11.0. The third kappa shape index (κ3) is 3.27. The van der Waals surface area contributed by atoms with Crippen LogP contribution in [-0.2, 0) is 0 Å². The predicted octanol–water partition coefficient (Wildman–Crippen LogP) is 2.96. The Morgan fingerprint density at radius 2 is 1.85 bits per heavy atom. The highest BCUT2D eigenvalue weighted by Crippen LogP contribution is 2.30. The lowest BCUT2D eigenvalue weighted by atomic mass is 10.0. The van der Waals surface area contributed by atoms with Crippen LogP contribution in [-0.4, -0.2) is 23.3 Å². The summed E-state index contributed by atoms with van der Waals surface area (Å²) in [6.45, 7) is 4.95. The molecule has 4 heteroatoms. The van der Waals surface area contributed by atoms with E-state index in [-0.39, 0.29) is 0 Å². The Bertz CT molecular complexity index is 557. The smallest absolute Gasteiger partial charge is 0.137 e. The molecule has 1 heterocycles. The number of nitrogens with zero attached hydrogens (tertiary/aromatic N) is 1. The van der Waals surface area contributed by atoms with Crippen molar-refractivity contribution in [1.82, 2.24) is 4.98 Å². The number of hydrogen-bond donors (Lipinski definition) is 1. The highest BCUT2D eigenvalue weighted by Gasteiger charge is 2.16. The molecule has 0 radical (unpaired) electrons. The lowest BCUT2D eigenvalue weighted by molar-refractivity contribution is 0.210. The van der Waals surface area contributed by atoms with Crippen LogP contribution in [0.15, 0.2) is 42.7 Å². The Morgan fingerprint density at radius 3 is 2.60 bits per heavy atom. The van der Waals surface area contributed by atoms with Crippen molar-refractivity contribution >= 4 is 0 Å². The van der Waals surface area contributed by atoms with Gasteiger partial charge in [0.15, 0.2) is 0 Å². The Balaban J connectivity index is 2.30. The molecule has 2 aromatic rings. The van der Waals surface area contributed by atoms with Gasteiger partial charge in [-0.25, -0.2) is 0 Å². The predicted molar refractivity (Wildman–Crippen MR) is 77.1 cm³/mol. The number of ether oxygens (including phenoxy) is 2. The van der Waals surface area contributed by atoms with E-state index >= 15 is 0 Å². The van der Waals surface area contributed by atoms with E-state index in [0.29, 0.717) is 30.3 Å². The van der Waals surface area contributed by atoms with E-state index in [9.17, 15) is 5.11 Å². The molecule has 1 unspecified atom stereocenters. The van der Waals surface area contributed by atoms with Crippen LogP contribution in [0, 0.1) is 0 Å². The number of aromatic nitrogens is 1. The zero-order valence-electron chi connectivity index (χ0n) is 11.7. The number of aliphatic hydroxyl groups is 1. The molecule has 0 saturated carbocycles. The Morgan fingerprint density at radius 1 is 1.10 bits per heavy atom. The first kappa shape index (κ1) is 14.3. The Labute approximate surface area is 119 Å². The van der Waals surface area contributed by atoms with Crippen molar-refractivity contribution in [3.8, 4) is 11.5 Å². The highest BCUT2D eigenvalue weighted by molar-refractivity contribution is 5.40. The largest absolute Gasteiger partial charge is 0.493 e. The average Bonchev–Trinajstić information content (AvgIpc) is 2.48. The van der Waals surface area contributed by atoms with Crippen LogP contribution in [0.1, 0.15) is 31.1 Å². The number of benzene rings is 1. The number of aliphatic hydroxyl groups excluding tert-OH is 1. The van der Waals surface area contributed by atoms with Crippen molar-refractivity contribution in [2.75, 3.05) is 13.2 Å². The molecular formula is C16H19NO3. The van der Waals surface area contributed by atoms with Crippen LogP contribution >= 0.6 is 0 Å². The normalized spacial score (nSPS) is 11.9. The van der Waals surface area contributed by atoms with Crippen LogP contribution < -0.4 is 9.47 Å². The lowest BCUT2D eigenvalue weighted by Gasteiger charge is -2.16. The maximum atomic E-state index is 10.5. The molecule has 1 aromatic heterocycles. The zero-order valence-corrected chi connectivity index (χ0v) is 11.7. The van der Waals surface area contributed by atoms with E-state index in [2.05, 4.69) is 4.98 Å². The maximum Gasteiger partial charge on any atom is 0.137 e. The molecular weight excluding hydrogens is 254 g/mol. The molecule has 0 aliphatic heterocycles. The van der Waals surface area contributed by atoms with Gasteiger partial charge in [0.05, 0.1) is 19.4 Å². The fraction of sp³-hybridized carbons (Fsp3) is 0.312. The quantitative estimate of drug-likeness (QED) is 0.879. The summed E-state index contributed by atoms with van der Waals surface area (Å²) >= 11 is 0. The molecule has 1 aromatic carbocycles. The van der Waals surface area contributed by atoms with Gasteiger partial charge in [0.2, 0.25) is 0 Å². The van der Waals surface area contributed by atoms with Gasteiger partial charge >= 0.3 is 0 Å². The third-order valence-corrected chi connectivity index (χ3v) is 2.87. The van der Waals surface area contributed by atoms with Crippen LogP contribution in [0.3, 0.4) is 0 Å². The molecule has 0 spiro atoms. The summed E-state index contributed by atoms with van der Waals surface area (Å²) in [5.74, 6) is 1.34. The molecule has 1 N–H and O–H groups in total. The van der Waals surface area contributed by atoms with Crippen LogP contribution in [0.25, 0.3) is 0 Å². The highest BCUT2D eigenvalue weighted by atomic mass is 16.5. The molecule has 106 valence electrons. The Hall–Kier alpha value is -2.07. The monoisotopic (exact) mass is 273 g/mol. The maximum absolute atomic E-state index is 10.5. The van der Waals surface area contributed by atoms with Crippen molar-refractivity contribution in [2.24, 2.45) is 0 Å². The fourth-order valence-electron chi connectivity index (χ4n) is 2.00. The zero-order chi connectivity index (χ0) is 14.4. The molecule has 0 aliphatic rings. The van der Waals surface area contributed by atoms with E-state index in [1.165, 1.54) is 0 Å². The summed E-state index contributed by atoms with van der Waals surface area (Å²) in [5, 5.41) is 10.5. The molecule has 20 heavy (non-hydrogen) atoms. The second kappa shape index (κ2) is 6.91. The summed E-state index contributed by atoms with van der Waals surface area (Å²) in [7, 11) is 0. The second-order valence-electron chi connectivity index (χ2n) is 4.26. The molecule has 4 nitrogen and oxygen atoms in total. The van der Waals surface area contributed by atoms with Gasteiger partial charge in [-0.1, -0.05) is 18.2 Å². The average molecular weight is 273 g/mol. The standard InChI is InChI=1S/C16H19NO3/c1-3-19-13-9-12(10-17-11-13)16(18)14-7-5-6-8-15(14)20-4-2/h5-11,16,18H,3-4H2,1-2H3. The molecule has 2 rings (SSSR count). The third-order valence-electron chi connectivity index (χ3n) is 2.87. The fourth-order valence-corrected chi connectivity index (χ4v) is 2.00. The minimum absolute atomic E-state index is 0.557. The SMILES string of the molecule is CCOc1cncc(C(O)c2ccccc2OCC)c1. The van der Waals surface area contributed by atoms with Gasteiger partial charge in [-0.05, 0) is 26.0 Å². The molecule has 1 atom stereocenters. The van der Waals surface area contributed by atoms with Gasteiger partial charge in [0, 0.05) is 17.3 Å². The summed E-state index contributed by atoms with van der Waals surface area (Å²) in [4.78, 5) is 4.10. The lowest BCUT2D eigenvalue weighted by Crippen LogP contribution is -2.05. The van der Waals surface area contributed by atoms with Gasteiger partial charge < -0.3 is 14.6 Å². The van der Waals surface area contributed by atoms with Crippen molar-refractivity contribution in [3.05, 3.63) is 53.9 Å². The molecule has 0 aliphatic carbocycles.